The Bertz CT molecular complexity index is 491. The van der Waals surface area contributed by atoms with Crippen molar-refractivity contribution in [2.24, 2.45) is 5.92 Å². The number of rotatable bonds is 4. The second-order valence-corrected chi connectivity index (χ2v) is 6.73. The number of carbonyl (C=O) groups excluding carboxylic acids is 1. The van der Waals surface area contributed by atoms with E-state index in [-0.39, 0.29) is 5.91 Å². The van der Waals surface area contributed by atoms with Crippen molar-refractivity contribution in [1.82, 2.24) is 10.1 Å². The van der Waals surface area contributed by atoms with Crippen LogP contribution in [0, 0.1) is 19.8 Å². The molecule has 0 unspecified atom stereocenters. The SMILES string of the molecule is CCC1CCC(N(C(=O)c2c(C)noc2C)C2CC2)CC1. The van der Waals surface area contributed by atoms with Gasteiger partial charge in [0.2, 0.25) is 0 Å². The molecule has 0 aliphatic heterocycles. The molecular formula is C17H26N2O2. The van der Waals surface area contributed by atoms with Crippen molar-refractivity contribution >= 4 is 5.91 Å². The summed E-state index contributed by atoms with van der Waals surface area (Å²) in [4.78, 5) is 15.2. The largest absolute Gasteiger partial charge is 0.361 e. The number of hydrogen-bond acceptors (Lipinski definition) is 3. The van der Waals surface area contributed by atoms with Gasteiger partial charge < -0.3 is 9.42 Å². The maximum Gasteiger partial charge on any atom is 0.259 e. The molecule has 0 aromatic carbocycles. The quantitative estimate of drug-likeness (QED) is 0.845. The first-order valence-corrected chi connectivity index (χ1v) is 8.37. The van der Waals surface area contributed by atoms with E-state index in [1.165, 1.54) is 19.3 Å². The van der Waals surface area contributed by atoms with Crippen molar-refractivity contribution in [2.45, 2.75) is 77.8 Å². The third-order valence-electron chi connectivity index (χ3n) is 5.21. The van der Waals surface area contributed by atoms with Crippen molar-refractivity contribution in [3.8, 4) is 0 Å². The van der Waals surface area contributed by atoms with Crippen LogP contribution in [0.2, 0.25) is 0 Å². The molecule has 4 nitrogen and oxygen atoms in total. The van der Waals surface area contributed by atoms with Gasteiger partial charge in [0.1, 0.15) is 11.3 Å². The molecule has 116 valence electrons. The van der Waals surface area contributed by atoms with E-state index in [1.807, 2.05) is 13.8 Å². The lowest BCUT2D eigenvalue weighted by Crippen LogP contribution is -2.44. The van der Waals surface area contributed by atoms with E-state index in [0.717, 1.165) is 37.3 Å². The number of nitrogens with zero attached hydrogens (tertiary/aromatic N) is 2. The van der Waals surface area contributed by atoms with Crippen LogP contribution in [0.25, 0.3) is 0 Å². The van der Waals surface area contributed by atoms with Crippen LogP contribution in [0.4, 0.5) is 0 Å². The maximum atomic E-state index is 13.0. The van der Waals surface area contributed by atoms with E-state index in [9.17, 15) is 4.79 Å². The molecule has 21 heavy (non-hydrogen) atoms. The lowest BCUT2D eigenvalue weighted by Gasteiger charge is -2.37. The molecule has 0 atom stereocenters. The van der Waals surface area contributed by atoms with Crippen LogP contribution in [0.5, 0.6) is 0 Å². The fourth-order valence-electron chi connectivity index (χ4n) is 3.73. The van der Waals surface area contributed by atoms with E-state index in [4.69, 9.17) is 4.52 Å². The Hall–Kier alpha value is -1.32. The molecular weight excluding hydrogens is 264 g/mol. The van der Waals surface area contributed by atoms with Gasteiger partial charge in [-0.3, -0.25) is 4.79 Å². The zero-order valence-electron chi connectivity index (χ0n) is 13.4. The first kappa shape index (κ1) is 14.6. The Kier molecular flexibility index (Phi) is 4.05. The minimum atomic E-state index is 0.147. The number of carbonyl (C=O) groups is 1. The monoisotopic (exact) mass is 290 g/mol. The summed E-state index contributed by atoms with van der Waals surface area (Å²) in [5.74, 6) is 1.66. The van der Waals surface area contributed by atoms with Crippen molar-refractivity contribution in [2.75, 3.05) is 0 Å². The smallest absolute Gasteiger partial charge is 0.259 e. The highest BCUT2D eigenvalue weighted by atomic mass is 16.5. The number of amides is 1. The second-order valence-electron chi connectivity index (χ2n) is 6.73. The minimum absolute atomic E-state index is 0.147. The van der Waals surface area contributed by atoms with Gasteiger partial charge in [-0.1, -0.05) is 18.5 Å². The van der Waals surface area contributed by atoms with Crippen molar-refractivity contribution in [3.63, 3.8) is 0 Å². The Morgan fingerprint density at radius 2 is 1.71 bits per heavy atom. The number of aryl methyl sites for hydroxylation is 2. The highest BCUT2D eigenvalue weighted by Crippen LogP contribution is 2.37. The Morgan fingerprint density at radius 3 is 2.14 bits per heavy atom. The highest BCUT2D eigenvalue weighted by molar-refractivity contribution is 5.96. The summed E-state index contributed by atoms with van der Waals surface area (Å²) in [5, 5.41) is 3.95. The molecule has 0 spiro atoms. The Balaban J connectivity index is 1.78. The normalized spacial score (nSPS) is 25.9. The topological polar surface area (TPSA) is 46.3 Å². The van der Waals surface area contributed by atoms with E-state index < -0.39 is 0 Å². The number of aromatic nitrogens is 1. The van der Waals surface area contributed by atoms with Gasteiger partial charge in [-0.25, -0.2) is 0 Å². The predicted molar refractivity (Wildman–Crippen MR) is 81.2 cm³/mol. The average Bonchev–Trinajstić information content (AvgIpc) is 3.25. The van der Waals surface area contributed by atoms with Gasteiger partial charge in [-0.2, -0.15) is 0 Å². The van der Waals surface area contributed by atoms with Crippen LogP contribution in [0.3, 0.4) is 0 Å². The van der Waals surface area contributed by atoms with E-state index in [1.54, 1.807) is 0 Å². The summed E-state index contributed by atoms with van der Waals surface area (Å²) in [6.07, 6.45) is 8.42. The summed E-state index contributed by atoms with van der Waals surface area (Å²) in [6, 6.07) is 0.871. The summed E-state index contributed by atoms with van der Waals surface area (Å²) in [6.45, 7) is 5.98. The average molecular weight is 290 g/mol. The molecule has 0 N–H and O–H groups in total. The molecule has 1 aromatic heterocycles. The van der Waals surface area contributed by atoms with Crippen LogP contribution >= 0.6 is 0 Å². The van der Waals surface area contributed by atoms with E-state index in [2.05, 4.69) is 17.0 Å². The molecule has 0 saturated heterocycles. The first-order valence-electron chi connectivity index (χ1n) is 8.37. The fraction of sp³-hybridized carbons (Fsp3) is 0.765. The molecule has 0 radical (unpaired) electrons. The van der Waals surface area contributed by atoms with Gasteiger partial charge in [-0.15, -0.1) is 0 Å². The Morgan fingerprint density at radius 1 is 1.14 bits per heavy atom. The third kappa shape index (κ3) is 2.85. The molecule has 2 saturated carbocycles. The summed E-state index contributed by atoms with van der Waals surface area (Å²) in [7, 11) is 0. The summed E-state index contributed by atoms with van der Waals surface area (Å²) >= 11 is 0. The van der Waals surface area contributed by atoms with Crippen molar-refractivity contribution < 1.29 is 9.32 Å². The standard InChI is InChI=1S/C17H26N2O2/c1-4-13-5-7-14(8-6-13)19(15-9-10-15)17(20)16-11(2)18-21-12(16)3/h13-15H,4-10H2,1-3H3. The molecule has 2 aliphatic rings. The summed E-state index contributed by atoms with van der Waals surface area (Å²) < 4.78 is 5.19. The zero-order valence-corrected chi connectivity index (χ0v) is 13.4. The van der Waals surface area contributed by atoms with Crippen LogP contribution in [0.15, 0.2) is 4.52 Å². The molecule has 0 bridgehead atoms. The van der Waals surface area contributed by atoms with Crippen LogP contribution < -0.4 is 0 Å². The lowest BCUT2D eigenvalue weighted by molar-refractivity contribution is 0.0585. The van der Waals surface area contributed by atoms with E-state index >= 15 is 0 Å². The molecule has 3 rings (SSSR count). The van der Waals surface area contributed by atoms with Crippen LogP contribution in [-0.4, -0.2) is 28.0 Å². The highest BCUT2D eigenvalue weighted by Gasteiger charge is 2.40. The van der Waals surface area contributed by atoms with Gasteiger partial charge >= 0.3 is 0 Å². The van der Waals surface area contributed by atoms with Gasteiger partial charge in [0, 0.05) is 12.1 Å². The van der Waals surface area contributed by atoms with Gasteiger partial charge in [0.05, 0.1) is 5.69 Å². The van der Waals surface area contributed by atoms with Gasteiger partial charge in [0.25, 0.3) is 5.91 Å². The zero-order chi connectivity index (χ0) is 15.0. The lowest BCUT2D eigenvalue weighted by atomic mass is 9.83. The summed E-state index contributed by atoms with van der Waals surface area (Å²) in [5.41, 5.74) is 1.42. The molecule has 2 fully saturated rings. The minimum Gasteiger partial charge on any atom is -0.361 e. The van der Waals surface area contributed by atoms with Gasteiger partial charge in [0.15, 0.2) is 0 Å². The second kappa shape index (κ2) is 5.82. The molecule has 2 aliphatic carbocycles. The first-order chi connectivity index (χ1) is 10.1. The fourth-order valence-corrected chi connectivity index (χ4v) is 3.73. The van der Waals surface area contributed by atoms with Gasteiger partial charge in [-0.05, 0) is 58.3 Å². The van der Waals surface area contributed by atoms with Crippen LogP contribution in [-0.2, 0) is 0 Å². The molecule has 1 heterocycles. The Labute approximate surface area is 126 Å². The molecule has 1 amide bonds. The predicted octanol–water partition coefficient (Wildman–Crippen LogP) is 3.86. The third-order valence-corrected chi connectivity index (χ3v) is 5.21. The van der Waals surface area contributed by atoms with Crippen molar-refractivity contribution in [3.05, 3.63) is 17.0 Å². The molecule has 4 heteroatoms. The van der Waals surface area contributed by atoms with Crippen molar-refractivity contribution in [1.29, 1.82) is 0 Å². The van der Waals surface area contributed by atoms with Crippen LogP contribution in [0.1, 0.15) is 73.7 Å². The number of hydrogen-bond donors (Lipinski definition) is 0. The molecule has 1 aromatic rings. The maximum absolute atomic E-state index is 13.0. The van der Waals surface area contributed by atoms with E-state index in [0.29, 0.717) is 23.4 Å².